The lowest BCUT2D eigenvalue weighted by Crippen LogP contribution is -2.48. The Hall–Kier alpha value is -0.510. The summed E-state index contributed by atoms with van der Waals surface area (Å²) >= 11 is 19.0. The Kier molecular flexibility index (Phi) is 6.58. The van der Waals surface area contributed by atoms with Gasteiger partial charge in [0.2, 0.25) is 3.79 Å². The number of benzene rings is 1. The average Bonchev–Trinajstić information content (AvgIpc) is 2.54. The van der Waals surface area contributed by atoms with Gasteiger partial charge in [-0.1, -0.05) is 54.1 Å². The van der Waals surface area contributed by atoms with Gasteiger partial charge in [-0.15, -0.1) is 0 Å². The van der Waals surface area contributed by atoms with E-state index in [0.29, 0.717) is 17.4 Å². The van der Waals surface area contributed by atoms with E-state index in [1.165, 1.54) is 19.3 Å². The number of methoxy groups -OCH3 is 2. The van der Waals surface area contributed by atoms with Crippen LogP contribution in [0.2, 0.25) is 0 Å². The van der Waals surface area contributed by atoms with Gasteiger partial charge in [0, 0.05) is 18.8 Å². The predicted octanol–water partition coefficient (Wildman–Crippen LogP) is 5.46. The van der Waals surface area contributed by atoms with E-state index in [9.17, 15) is 0 Å². The summed E-state index contributed by atoms with van der Waals surface area (Å²) in [4.78, 5) is 2.06. The van der Waals surface area contributed by atoms with Crippen LogP contribution in [-0.4, -0.2) is 31.1 Å². The normalized spacial score (nSPS) is 17.7. The molecule has 0 amide bonds. The van der Waals surface area contributed by atoms with Crippen molar-refractivity contribution in [2.45, 2.75) is 41.9 Å². The van der Waals surface area contributed by atoms with E-state index in [0.717, 1.165) is 18.5 Å². The smallest absolute Gasteiger partial charge is 0.210 e. The Labute approximate surface area is 153 Å². The second kappa shape index (κ2) is 8.04. The maximum Gasteiger partial charge on any atom is 0.210 e. The third-order valence-electron chi connectivity index (χ3n) is 4.62. The highest BCUT2D eigenvalue weighted by Crippen LogP contribution is 2.44. The van der Waals surface area contributed by atoms with Crippen molar-refractivity contribution in [3.63, 3.8) is 0 Å². The third-order valence-corrected chi connectivity index (χ3v) is 5.29. The van der Waals surface area contributed by atoms with E-state index in [2.05, 4.69) is 4.90 Å². The molecule has 3 nitrogen and oxygen atoms in total. The predicted molar refractivity (Wildman–Crippen MR) is 98.6 cm³/mol. The van der Waals surface area contributed by atoms with Crippen molar-refractivity contribution < 1.29 is 9.47 Å². The summed E-state index contributed by atoms with van der Waals surface area (Å²) < 4.78 is 9.34. The van der Waals surface area contributed by atoms with Crippen LogP contribution in [-0.2, 0) is 0 Å². The highest BCUT2D eigenvalue weighted by molar-refractivity contribution is 6.68. The fraction of sp³-hybridized carbons (Fsp3) is 0.647. The summed E-state index contributed by atoms with van der Waals surface area (Å²) in [5.74, 6) is 1.73. The molecule has 0 heterocycles. The number of alkyl halides is 3. The van der Waals surface area contributed by atoms with Crippen LogP contribution >= 0.6 is 34.8 Å². The summed E-state index contributed by atoms with van der Waals surface area (Å²) in [5.41, 5.74) is 0.949. The second-order valence-electron chi connectivity index (χ2n) is 6.03. The molecule has 1 aliphatic carbocycles. The molecule has 0 N–H and O–H groups in total. The SMILES string of the molecule is COc1ccc(N(C)C(C2CCCCC2)C(Cl)(Cl)Cl)cc1OC. The van der Waals surface area contributed by atoms with Gasteiger partial charge in [-0.25, -0.2) is 0 Å². The van der Waals surface area contributed by atoms with Crippen LogP contribution in [0, 0.1) is 5.92 Å². The van der Waals surface area contributed by atoms with Crippen LogP contribution < -0.4 is 14.4 Å². The molecule has 1 unspecified atom stereocenters. The standard InChI is InChI=1S/C17H24Cl3NO2/c1-21(13-9-10-14(22-2)15(11-13)23-3)16(17(18,19)20)12-7-5-4-6-8-12/h9-12,16H,4-8H2,1-3H3. The van der Waals surface area contributed by atoms with E-state index < -0.39 is 3.79 Å². The molecule has 0 saturated heterocycles. The summed E-state index contributed by atoms with van der Waals surface area (Å²) in [6, 6.07) is 5.59. The van der Waals surface area contributed by atoms with Gasteiger partial charge >= 0.3 is 0 Å². The maximum absolute atomic E-state index is 6.34. The molecule has 0 bridgehead atoms. The van der Waals surface area contributed by atoms with Gasteiger partial charge in [-0.05, 0) is 30.9 Å². The highest BCUT2D eigenvalue weighted by atomic mass is 35.6. The van der Waals surface area contributed by atoms with Crippen LogP contribution in [0.3, 0.4) is 0 Å². The summed E-state index contributed by atoms with van der Waals surface area (Å²) in [6.45, 7) is 0. The van der Waals surface area contributed by atoms with Crippen LogP contribution in [0.25, 0.3) is 0 Å². The minimum absolute atomic E-state index is 0.175. The molecule has 1 aromatic rings. The fourth-order valence-electron chi connectivity index (χ4n) is 3.46. The zero-order chi connectivity index (χ0) is 17.0. The van der Waals surface area contributed by atoms with Crippen molar-refractivity contribution in [2.24, 2.45) is 5.92 Å². The first-order valence-corrected chi connectivity index (χ1v) is 9.03. The van der Waals surface area contributed by atoms with Crippen LogP contribution in [0.5, 0.6) is 11.5 Å². The minimum Gasteiger partial charge on any atom is -0.493 e. The summed E-state index contributed by atoms with van der Waals surface area (Å²) in [5, 5.41) is 0. The zero-order valence-corrected chi connectivity index (χ0v) is 16.1. The van der Waals surface area contributed by atoms with E-state index in [-0.39, 0.29) is 6.04 Å². The fourth-order valence-corrected chi connectivity index (χ4v) is 4.43. The van der Waals surface area contributed by atoms with E-state index >= 15 is 0 Å². The van der Waals surface area contributed by atoms with Gasteiger partial charge in [0.15, 0.2) is 11.5 Å². The molecule has 0 aliphatic heterocycles. The topological polar surface area (TPSA) is 21.7 Å². The molecule has 1 fully saturated rings. The molecule has 1 aliphatic rings. The van der Waals surface area contributed by atoms with Gasteiger partial charge in [0.05, 0.1) is 20.3 Å². The lowest BCUT2D eigenvalue weighted by Gasteiger charge is -2.41. The number of anilines is 1. The van der Waals surface area contributed by atoms with E-state index in [4.69, 9.17) is 44.3 Å². The molecule has 0 spiro atoms. The van der Waals surface area contributed by atoms with Gasteiger partial charge in [0.25, 0.3) is 0 Å². The monoisotopic (exact) mass is 379 g/mol. The Morgan fingerprint density at radius 2 is 1.65 bits per heavy atom. The van der Waals surface area contributed by atoms with Crippen molar-refractivity contribution in [2.75, 3.05) is 26.2 Å². The lowest BCUT2D eigenvalue weighted by molar-refractivity contribution is 0.299. The van der Waals surface area contributed by atoms with Crippen molar-refractivity contribution in [3.05, 3.63) is 18.2 Å². The first-order valence-electron chi connectivity index (χ1n) is 7.90. The first-order chi connectivity index (χ1) is 10.9. The molecule has 23 heavy (non-hydrogen) atoms. The Balaban J connectivity index is 2.31. The number of nitrogens with zero attached hydrogens (tertiary/aromatic N) is 1. The van der Waals surface area contributed by atoms with Crippen LogP contribution in [0.1, 0.15) is 32.1 Å². The quantitative estimate of drug-likeness (QED) is 0.633. The highest BCUT2D eigenvalue weighted by Gasteiger charge is 2.42. The minimum atomic E-state index is -1.34. The lowest BCUT2D eigenvalue weighted by atomic mass is 9.83. The molecule has 1 aromatic carbocycles. The molecule has 130 valence electrons. The van der Waals surface area contributed by atoms with Gasteiger partial charge < -0.3 is 14.4 Å². The van der Waals surface area contributed by atoms with Gasteiger partial charge in [-0.3, -0.25) is 0 Å². The number of halogens is 3. The maximum atomic E-state index is 6.34. The van der Waals surface area contributed by atoms with Crippen molar-refractivity contribution in [1.82, 2.24) is 0 Å². The van der Waals surface area contributed by atoms with Gasteiger partial charge in [-0.2, -0.15) is 0 Å². The number of hydrogen-bond donors (Lipinski definition) is 0. The van der Waals surface area contributed by atoms with Crippen LogP contribution in [0.15, 0.2) is 18.2 Å². The number of ether oxygens (including phenoxy) is 2. The number of rotatable bonds is 5. The largest absolute Gasteiger partial charge is 0.493 e. The molecule has 6 heteroatoms. The summed E-state index contributed by atoms with van der Waals surface area (Å²) in [6.07, 6.45) is 5.85. The average molecular weight is 381 g/mol. The molecule has 2 rings (SSSR count). The van der Waals surface area contributed by atoms with Crippen LogP contribution in [0.4, 0.5) is 5.69 Å². The van der Waals surface area contributed by atoms with Gasteiger partial charge in [0.1, 0.15) is 0 Å². The second-order valence-corrected chi connectivity index (χ2v) is 8.40. The zero-order valence-electron chi connectivity index (χ0n) is 13.8. The summed E-state index contributed by atoms with van der Waals surface area (Å²) in [7, 11) is 5.21. The Morgan fingerprint density at radius 3 is 2.17 bits per heavy atom. The van der Waals surface area contributed by atoms with Crippen molar-refractivity contribution in [1.29, 1.82) is 0 Å². The van der Waals surface area contributed by atoms with E-state index in [1.54, 1.807) is 14.2 Å². The molecule has 1 saturated carbocycles. The van der Waals surface area contributed by atoms with Crippen molar-refractivity contribution in [3.8, 4) is 11.5 Å². The Bertz CT molecular complexity index is 513. The number of hydrogen-bond acceptors (Lipinski definition) is 3. The molecular weight excluding hydrogens is 357 g/mol. The van der Waals surface area contributed by atoms with Crippen molar-refractivity contribution >= 4 is 40.5 Å². The van der Waals surface area contributed by atoms with E-state index in [1.807, 2.05) is 25.2 Å². The molecule has 1 atom stereocenters. The molecule has 0 radical (unpaired) electrons. The first kappa shape index (κ1) is 18.8. The molecule has 0 aromatic heterocycles. The Morgan fingerprint density at radius 1 is 1.04 bits per heavy atom. The molecular formula is C17H24Cl3NO2. The third kappa shape index (κ3) is 4.52.